The summed E-state index contributed by atoms with van der Waals surface area (Å²) < 4.78 is 25.5. The molecule has 1 aromatic heterocycles. The third kappa shape index (κ3) is 6.06. The van der Waals surface area contributed by atoms with Gasteiger partial charge in [-0.05, 0) is 30.7 Å². The maximum Gasteiger partial charge on any atom is 0.409 e. The topological polar surface area (TPSA) is 139 Å². The van der Waals surface area contributed by atoms with Gasteiger partial charge in [0.25, 0.3) is 5.91 Å². The number of likely N-dealkylation sites (tertiary alicyclic amines) is 1. The number of primary amides is 1. The molecule has 0 aliphatic carbocycles. The zero-order chi connectivity index (χ0) is 24.8. The predicted octanol–water partition coefficient (Wildman–Crippen LogP) is 1.72. The van der Waals surface area contributed by atoms with E-state index in [1.54, 1.807) is 4.68 Å². The number of piperidine rings is 1. The highest BCUT2D eigenvalue weighted by molar-refractivity contribution is 5.98. The summed E-state index contributed by atoms with van der Waals surface area (Å²) in [5, 5.41) is 17.2. The van der Waals surface area contributed by atoms with Crippen LogP contribution >= 0.6 is 0 Å². The molecule has 2 atom stereocenters. The van der Waals surface area contributed by atoms with E-state index in [2.05, 4.69) is 21.4 Å². The Hall–Kier alpha value is -3.69. The van der Waals surface area contributed by atoms with Crippen molar-refractivity contribution in [1.29, 1.82) is 5.26 Å². The Morgan fingerprint density at radius 2 is 2.00 bits per heavy atom. The fraction of sp³-hybridized carbons (Fsp3) is 0.478. The third-order valence-electron chi connectivity index (χ3n) is 6.18. The van der Waals surface area contributed by atoms with Crippen molar-refractivity contribution in [3.63, 3.8) is 0 Å². The Morgan fingerprint density at radius 1 is 1.26 bits per heavy atom. The third-order valence-corrected chi connectivity index (χ3v) is 6.18. The van der Waals surface area contributed by atoms with Crippen molar-refractivity contribution >= 4 is 23.5 Å². The van der Waals surface area contributed by atoms with Gasteiger partial charge in [0.05, 0.1) is 31.2 Å². The molecule has 35 heavy (non-hydrogen) atoms. The molecule has 2 unspecified atom stereocenters. The molecule has 186 valence electrons. The van der Waals surface area contributed by atoms with Crippen LogP contribution in [0.2, 0.25) is 0 Å². The van der Waals surface area contributed by atoms with Crippen molar-refractivity contribution in [3.05, 3.63) is 41.8 Å². The number of hydrogen-bond donors (Lipinski definition) is 2. The van der Waals surface area contributed by atoms with Crippen LogP contribution in [0.15, 0.2) is 30.5 Å². The summed E-state index contributed by atoms with van der Waals surface area (Å²) in [6.45, 7) is 4.46. The van der Waals surface area contributed by atoms with Crippen molar-refractivity contribution < 1.29 is 23.5 Å². The van der Waals surface area contributed by atoms with Crippen LogP contribution in [-0.2, 0) is 9.47 Å². The second-order valence-electron chi connectivity index (χ2n) is 8.47. The van der Waals surface area contributed by atoms with Crippen molar-refractivity contribution in [2.45, 2.75) is 12.5 Å². The summed E-state index contributed by atoms with van der Waals surface area (Å²) in [5.41, 5.74) is 6.21. The number of carbonyl (C=O) groups is 2. The fourth-order valence-corrected chi connectivity index (χ4v) is 4.23. The molecule has 2 fully saturated rings. The molecule has 3 heterocycles. The average Bonchev–Trinajstić information content (AvgIpc) is 3.29. The first-order valence-corrected chi connectivity index (χ1v) is 11.5. The first kappa shape index (κ1) is 24.4. The molecule has 2 aromatic rings. The fourth-order valence-electron chi connectivity index (χ4n) is 4.23. The lowest BCUT2D eigenvalue weighted by Gasteiger charge is -2.35. The molecule has 2 aliphatic rings. The molecule has 0 spiro atoms. The summed E-state index contributed by atoms with van der Waals surface area (Å²) >= 11 is 0. The summed E-state index contributed by atoms with van der Waals surface area (Å²) in [6.07, 6.45) is 1.50. The highest BCUT2D eigenvalue weighted by Gasteiger charge is 2.35. The van der Waals surface area contributed by atoms with Gasteiger partial charge in [-0.2, -0.15) is 10.4 Å². The molecule has 1 aromatic carbocycles. The SMILES string of the molecule is N#CC1CN(C(=O)OCCN2CCOCC2)CCC1n1cc(C(N)=O)c(Nc2ccc(F)cc2)n1. The van der Waals surface area contributed by atoms with Crippen molar-refractivity contribution in [1.82, 2.24) is 19.6 Å². The average molecular weight is 486 g/mol. The van der Waals surface area contributed by atoms with Crippen molar-refractivity contribution in [2.75, 3.05) is 57.9 Å². The van der Waals surface area contributed by atoms with E-state index in [0.29, 0.717) is 38.4 Å². The van der Waals surface area contributed by atoms with E-state index in [-0.39, 0.29) is 36.4 Å². The molecule has 2 saturated heterocycles. The number of benzene rings is 1. The number of halogens is 1. The van der Waals surface area contributed by atoms with E-state index in [4.69, 9.17) is 15.2 Å². The summed E-state index contributed by atoms with van der Waals surface area (Å²) in [7, 11) is 0. The number of hydrogen-bond acceptors (Lipinski definition) is 8. The molecular weight excluding hydrogens is 457 g/mol. The first-order valence-electron chi connectivity index (χ1n) is 11.5. The van der Waals surface area contributed by atoms with E-state index < -0.39 is 17.9 Å². The van der Waals surface area contributed by atoms with Crippen LogP contribution in [0, 0.1) is 23.1 Å². The molecule has 12 heteroatoms. The Bertz CT molecular complexity index is 1080. The van der Waals surface area contributed by atoms with Gasteiger partial charge in [0.15, 0.2) is 5.82 Å². The van der Waals surface area contributed by atoms with Crippen LogP contribution in [0.5, 0.6) is 0 Å². The van der Waals surface area contributed by atoms with Gasteiger partial charge in [-0.15, -0.1) is 0 Å². The zero-order valence-electron chi connectivity index (χ0n) is 19.2. The number of nitrogens with one attached hydrogen (secondary N) is 1. The molecule has 0 saturated carbocycles. The standard InChI is InChI=1S/C23H28FN7O4/c24-17-1-3-18(4-2-17)27-22-19(21(26)32)15-31(28-22)20-5-6-30(14-16(20)13-25)23(33)35-12-9-29-7-10-34-11-8-29/h1-4,15-16,20H,5-12,14H2,(H2,26,32)(H,27,28). The summed E-state index contributed by atoms with van der Waals surface area (Å²) in [5.74, 6) is -1.42. The zero-order valence-corrected chi connectivity index (χ0v) is 19.2. The summed E-state index contributed by atoms with van der Waals surface area (Å²) in [4.78, 5) is 28.2. The molecule has 0 bridgehead atoms. The number of nitrogens with zero attached hydrogens (tertiary/aromatic N) is 5. The number of rotatable bonds is 7. The van der Waals surface area contributed by atoms with E-state index in [9.17, 15) is 19.2 Å². The van der Waals surface area contributed by atoms with E-state index in [1.165, 1.54) is 35.4 Å². The van der Waals surface area contributed by atoms with Crippen molar-refractivity contribution in [3.8, 4) is 6.07 Å². The molecule has 0 radical (unpaired) electrons. The van der Waals surface area contributed by atoms with Crippen LogP contribution in [-0.4, -0.2) is 84.1 Å². The largest absolute Gasteiger partial charge is 0.448 e. The molecule has 2 aliphatic heterocycles. The molecular formula is C23H28FN7O4. The van der Waals surface area contributed by atoms with Crippen molar-refractivity contribution in [2.24, 2.45) is 11.7 Å². The minimum absolute atomic E-state index is 0.149. The van der Waals surface area contributed by atoms with E-state index in [1.807, 2.05) is 0 Å². The Balaban J connectivity index is 1.38. The maximum atomic E-state index is 13.2. The molecule has 2 amide bonds. The van der Waals surface area contributed by atoms with Gasteiger partial charge in [-0.25, -0.2) is 9.18 Å². The van der Waals surface area contributed by atoms with Crippen LogP contribution in [0.25, 0.3) is 0 Å². The lowest BCUT2D eigenvalue weighted by Crippen LogP contribution is -2.45. The van der Waals surface area contributed by atoms with Gasteiger partial charge in [0, 0.05) is 44.6 Å². The predicted molar refractivity (Wildman–Crippen MR) is 123 cm³/mol. The van der Waals surface area contributed by atoms with Gasteiger partial charge in [-0.1, -0.05) is 0 Å². The Labute approximate surface area is 202 Å². The molecule has 4 rings (SSSR count). The second-order valence-corrected chi connectivity index (χ2v) is 8.47. The second kappa shape index (κ2) is 11.2. The van der Waals surface area contributed by atoms with Gasteiger partial charge in [-0.3, -0.25) is 14.4 Å². The normalized spacial score (nSPS) is 20.7. The van der Waals surface area contributed by atoms with Gasteiger partial charge < -0.3 is 25.4 Å². The molecule has 11 nitrogen and oxygen atoms in total. The number of nitrogens with two attached hydrogens (primary N) is 1. The Morgan fingerprint density at radius 3 is 2.69 bits per heavy atom. The highest BCUT2D eigenvalue weighted by Crippen LogP contribution is 2.30. The Kier molecular flexibility index (Phi) is 7.79. The number of ether oxygens (including phenoxy) is 2. The number of amides is 2. The van der Waals surface area contributed by atoms with E-state index in [0.717, 1.165) is 13.1 Å². The number of anilines is 2. The lowest BCUT2D eigenvalue weighted by atomic mass is 9.94. The smallest absolute Gasteiger partial charge is 0.409 e. The first-order chi connectivity index (χ1) is 16.9. The monoisotopic (exact) mass is 485 g/mol. The van der Waals surface area contributed by atoms with Crippen LogP contribution in [0.1, 0.15) is 22.8 Å². The minimum atomic E-state index is -0.685. The van der Waals surface area contributed by atoms with E-state index >= 15 is 0 Å². The van der Waals surface area contributed by atoms with Gasteiger partial charge in [0.1, 0.15) is 18.0 Å². The van der Waals surface area contributed by atoms with Crippen LogP contribution < -0.4 is 11.1 Å². The lowest BCUT2D eigenvalue weighted by molar-refractivity contribution is 0.0225. The van der Waals surface area contributed by atoms with Crippen LogP contribution in [0.4, 0.5) is 20.7 Å². The van der Waals surface area contributed by atoms with Gasteiger partial charge in [0.2, 0.25) is 0 Å². The van der Waals surface area contributed by atoms with Crippen LogP contribution in [0.3, 0.4) is 0 Å². The number of aromatic nitrogens is 2. The summed E-state index contributed by atoms with van der Waals surface area (Å²) in [6, 6.07) is 7.48. The number of nitriles is 1. The minimum Gasteiger partial charge on any atom is -0.448 e. The van der Waals surface area contributed by atoms with Gasteiger partial charge >= 0.3 is 6.09 Å². The number of carbonyl (C=O) groups excluding carboxylic acids is 2. The molecule has 3 N–H and O–H groups in total. The maximum absolute atomic E-state index is 13.2. The quantitative estimate of drug-likeness (QED) is 0.604. The highest BCUT2D eigenvalue weighted by atomic mass is 19.1. The number of morpholine rings is 1.